The molecule has 3 nitrogen and oxygen atoms in total. The second-order valence-electron chi connectivity index (χ2n) is 4.88. The van der Waals surface area contributed by atoms with E-state index in [4.69, 9.17) is 10.5 Å². The normalized spacial score (nSPS) is 12.8. The highest BCUT2D eigenvalue weighted by molar-refractivity contribution is 5.88. The largest absolute Gasteiger partial charge is 0.496 e. The van der Waals surface area contributed by atoms with E-state index in [1.54, 1.807) is 7.11 Å². The van der Waals surface area contributed by atoms with Gasteiger partial charge >= 0.3 is 0 Å². The molecule has 108 valence electrons. The Bertz CT molecular complexity index is 564. The van der Waals surface area contributed by atoms with Crippen molar-refractivity contribution in [2.24, 2.45) is 5.73 Å². The highest BCUT2D eigenvalue weighted by Crippen LogP contribution is 2.35. The van der Waals surface area contributed by atoms with Crippen molar-refractivity contribution in [2.75, 3.05) is 26.7 Å². The first-order chi connectivity index (χ1) is 9.76. The van der Waals surface area contributed by atoms with E-state index in [-0.39, 0.29) is 6.04 Å². The molecule has 0 spiro atoms. The molecule has 0 amide bonds. The third kappa shape index (κ3) is 2.65. The summed E-state index contributed by atoms with van der Waals surface area (Å²) in [5.41, 5.74) is 7.28. The zero-order valence-corrected chi connectivity index (χ0v) is 12.6. The third-order valence-corrected chi connectivity index (χ3v) is 3.96. The van der Waals surface area contributed by atoms with Crippen LogP contribution in [0.2, 0.25) is 0 Å². The van der Waals surface area contributed by atoms with Crippen molar-refractivity contribution < 1.29 is 4.74 Å². The van der Waals surface area contributed by atoms with Crippen molar-refractivity contribution in [3.63, 3.8) is 0 Å². The predicted molar refractivity (Wildman–Crippen MR) is 85.2 cm³/mol. The molecule has 2 rings (SSSR count). The summed E-state index contributed by atoms with van der Waals surface area (Å²) in [6.45, 7) is 6.88. The second kappa shape index (κ2) is 6.73. The van der Waals surface area contributed by atoms with E-state index in [1.165, 1.54) is 16.3 Å². The van der Waals surface area contributed by atoms with Gasteiger partial charge in [0.25, 0.3) is 0 Å². The topological polar surface area (TPSA) is 38.5 Å². The maximum absolute atomic E-state index is 6.07. The molecule has 0 bridgehead atoms. The second-order valence-corrected chi connectivity index (χ2v) is 4.88. The Labute approximate surface area is 121 Å². The maximum atomic E-state index is 6.07. The Kier molecular flexibility index (Phi) is 4.99. The average molecular weight is 272 g/mol. The van der Waals surface area contributed by atoms with Gasteiger partial charge in [0, 0.05) is 12.1 Å². The van der Waals surface area contributed by atoms with Gasteiger partial charge in [-0.1, -0.05) is 44.2 Å². The number of nitrogens with two attached hydrogens (primary N) is 1. The number of methoxy groups -OCH3 is 1. The highest BCUT2D eigenvalue weighted by Gasteiger charge is 2.22. The zero-order chi connectivity index (χ0) is 14.5. The number of rotatable bonds is 6. The SMILES string of the molecule is CCN(CC)C(CN)c1c(OC)ccc2ccccc12. The Hall–Kier alpha value is -1.58. The number of ether oxygens (including phenoxy) is 1. The fourth-order valence-corrected chi connectivity index (χ4v) is 2.91. The van der Waals surface area contributed by atoms with Gasteiger partial charge < -0.3 is 10.5 Å². The Morgan fingerprint density at radius 2 is 1.80 bits per heavy atom. The predicted octanol–water partition coefficient (Wildman–Crippen LogP) is 3.19. The van der Waals surface area contributed by atoms with Gasteiger partial charge in [0.15, 0.2) is 0 Å². The first-order valence-corrected chi connectivity index (χ1v) is 7.26. The van der Waals surface area contributed by atoms with E-state index in [2.05, 4.69) is 49.1 Å². The zero-order valence-electron chi connectivity index (χ0n) is 12.6. The molecule has 1 unspecified atom stereocenters. The number of fused-ring (bicyclic) bond motifs is 1. The van der Waals surface area contributed by atoms with Gasteiger partial charge in [-0.3, -0.25) is 4.90 Å². The molecule has 0 aliphatic heterocycles. The van der Waals surface area contributed by atoms with Gasteiger partial charge in [-0.25, -0.2) is 0 Å². The van der Waals surface area contributed by atoms with Gasteiger partial charge in [-0.15, -0.1) is 0 Å². The van der Waals surface area contributed by atoms with Crippen LogP contribution in [-0.4, -0.2) is 31.6 Å². The van der Waals surface area contributed by atoms with Crippen LogP contribution < -0.4 is 10.5 Å². The lowest BCUT2D eigenvalue weighted by Crippen LogP contribution is -2.33. The van der Waals surface area contributed by atoms with E-state index < -0.39 is 0 Å². The summed E-state index contributed by atoms with van der Waals surface area (Å²) in [7, 11) is 1.73. The van der Waals surface area contributed by atoms with Gasteiger partial charge in [-0.05, 0) is 29.9 Å². The van der Waals surface area contributed by atoms with Crippen LogP contribution in [0.4, 0.5) is 0 Å². The fraction of sp³-hybridized carbons (Fsp3) is 0.412. The monoisotopic (exact) mass is 272 g/mol. The van der Waals surface area contributed by atoms with Crippen molar-refractivity contribution >= 4 is 10.8 Å². The summed E-state index contributed by atoms with van der Waals surface area (Å²) in [4.78, 5) is 2.38. The number of likely N-dealkylation sites (N-methyl/N-ethyl adjacent to an activating group) is 1. The van der Waals surface area contributed by atoms with Crippen LogP contribution in [-0.2, 0) is 0 Å². The number of hydrogen-bond acceptors (Lipinski definition) is 3. The van der Waals surface area contributed by atoms with Gasteiger partial charge in [0.2, 0.25) is 0 Å². The van der Waals surface area contributed by atoms with Crippen LogP contribution in [0.5, 0.6) is 5.75 Å². The molecule has 2 N–H and O–H groups in total. The average Bonchev–Trinajstić information content (AvgIpc) is 2.51. The quantitative estimate of drug-likeness (QED) is 0.877. The molecule has 0 aromatic heterocycles. The molecule has 2 aromatic rings. The van der Waals surface area contributed by atoms with Gasteiger partial charge in [0.05, 0.1) is 13.2 Å². The molecule has 0 heterocycles. The van der Waals surface area contributed by atoms with Crippen LogP contribution in [0.3, 0.4) is 0 Å². The molecule has 0 radical (unpaired) electrons. The van der Waals surface area contributed by atoms with E-state index in [0.717, 1.165) is 18.8 Å². The lowest BCUT2D eigenvalue weighted by molar-refractivity contribution is 0.221. The van der Waals surface area contributed by atoms with Gasteiger partial charge in [0.1, 0.15) is 5.75 Å². The van der Waals surface area contributed by atoms with E-state index in [0.29, 0.717) is 6.54 Å². The maximum Gasteiger partial charge on any atom is 0.124 e. The van der Waals surface area contributed by atoms with Crippen molar-refractivity contribution in [1.82, 2.24) is 4.90 Å². The number of benzene rings is 2. The molecule has 2 aromatic carbocycles. The minimum Gasteiger partial charge on any atom is -0.496 e. The van der Waals surface area contributed by atoms with Crippen LogP contribution in [0.25, 0.3) is 10.8 Å². The number of hydrogen-bond donors (Lipinski definition) is 1. The lowest BCUT2D eigenvalue weighted by Gasteiger charge is -2.31. The summed E-state index contributed by atoms with van der Waals surface area (Å²) in [6, 6.07) is 12.8. The molecule has 20 heavy (non-hydrogen) atoms. The number of nitrogens with zero attached hydrogens (tertiary/aromatic N) is 1. The molecule has 1 atom stereocenters. The third-order valence-electron chi connectivity index (χ3n) is 3.96. The van der Waals surface area contributed by atoms with Crippen LogP contribution in [0.1, 0.15) is 25.5 Å². The molecule has 3 heteroatoms. The van der Waals surface area contributed by atoms with Crippen LogP contribution in [0.15, 0.2) is 36.4 Å². The molecule has 0 saturated carbocycles. The molecule has 0 aliphatic carbocycles. The summed E-state index contributed by atoms with van der Waals surface area (Å²) in [5, 5.41) is 2.46. The van der Waals surface area contributed by atoms with Gasteiger partial charge in [-0.2, -0.15) is 0 Å². The highest BCUT2D eigenvalue weighted by atomic mass is 16.5. The molecule has 0 aliphatic rings. The van der Waals surface area contributed by atoms with Crippen molar-refractivity contribution in [3.05, 3.63) is 42.0 Å². The van der Waals surface area contributed by atoms with Crippen molar-refractivity contribution in [2.45, 2.75) is 19.9 Å². The van der Waals surface area contributed by atoms with Crippen molar-refractivity contribution in [1.29, 1.82) is 0 Å². The molecular weight excluding hydrogens is 248 g/mol. The standard InChI is InChI=1S/C17H24N2O/c1-4-19(5-2)15(12-18)17-14-9-7-6-8-13(14)10-11-16(17)20-3/h6-11,15H,4-5,12,18H2,1-3H3. The van der Waals surface area contributed by atoms with E-state index in [9.17, 15) is 0 Å². The molecular formula is C17H24N2O. The van der Waals surface area contributed by atoms with E-state index >= 15 is 0 Å². The molecule has 0 fully saturated rings. The first-order valence-electron chi connectivity index (χ1n) is 7.26. The Morgan fingerprint density at radius 1 is 1.10 bits per heavy atom. The van der Waals surface area contributed by atoms with Crippen molar-refractivity contribution in [3.8, 4) is 5.75 Å². The summed E-state index contributed by atoms with van der Waals surface area (Å²) in [6.07, 6.45) is 0. The summed E-state index contributed by atoms with van der Waals surface area (Å²) < 4.78 is 5.59. The fourth-order valence-electron chi connectivity index (χ4n) is 2.91. The minimum absolute atomic E-state index is 0.186. The summed E-state index contributed by atoms with van der Waals surface area (Å²) >= 11 is 0. The smallest absolute Gasteiger partial charge is 0.124 e. The Balaban J connectivity index is 2.65. The first kappa shape index (κ1) is 14.8. The summed E-state index contributed by atoms with van der Waals surface area (Å²) in [5.74, 6) is 0.922. The minimum atomic E-state index is 0.186. The Morgan fingerprint density at radius 3 is 2.40 bits per heavy atom. The van der Waals surface area contributed by atoms with Crippen LogP contribution in [0, 0.1) is 0 Å². The molecule has 0 saturated heterocycles. The van der Waals surface area contributed by atoms with Crippen LogP contribution >= 0.6 is 0 Å². The lowest BCUT2D eigenvalue weighted by atomic mass is 9.96. The van der Waals surface area contributed by atoms with E-state index in [1.807, 2.05) is 6.07 Å².